The topological polar surface area (TPSA) is 96.1 Å². The molecule has 28 heavy (non-hydrogen) atoms. The van der Waals surface area contributed by atoms with Gasteiger partial charge in [-0.2, -0.15) is 0 Å². The number of nitrogens with zero attached hydrogens (tertiary/aromatic N) is 1. The van der Waals surface area contributed by atoms with Gasteiger partial charge in [0.1, 0.15) is 11.2 Å². The van der Waals surface area contributed by atoms with Crippen molar-refractivity contribution in [2.45, 2.75) is 39.2 Å². The molecule has 0 unspecified atom stereocenters. The fourth-order valence-electron chi connectivity index (χ4n) is 2.82. The van der Waals surface area contributed by atoms with Crippen molar-refractivity contribution in [2.24, 2.45) is 0 Å². The van der Waals surface area contributed by atoms with Crippen molar-refractivity contribution in [3.8, 4) is 0 Å². The van der Waals surface area contributed by atoms with Gasteiger partial charge >= 0.3 is 6.09 Å². The summed E-state index contributed by atoms with van der Waals surface area (Å²) in [5, 5.41) is 0.703. The molecule has 3 rings (SSSR count). The molecule has 0 aliphatic rings. The first kappa shape index (κ1) is 19.4. The van der Waals surface area contributed by atoms with E-state index in [9.17, 15) is 9.59 Å². The molecular weight excluding hydrogens is 356 g/mol. The number of aromatic amines is 1. The second-order valence-corrected chi connectivity index (χ2v) is 7.48. The number of hydrazine groups is 1. The van der Waals surface area contributed by atoms with Crippen LogP contribution in [0.5, 0.6) is 0 Å². The van der Waals surface area contributed by atoms with Gasteiger partial charge in [0.05, 0.1) is 5.56 Å². The molecule has 3 aromatic rings. The Labute approximate surface area is 163 Å². The van der Waals surface area contributed by atoms with Crippen molar-refractivity contribution in [2.75, 3.05) is 0 Å². The fourth-order valence-corrected chi connectivity index (χ4v) is 2.82. The number of hydrogen-bond acceptors (Lipinski definition) is 4. The van der Waals surface area contributed by atoms with Crippen LogP contribution in [0.3, 0.4) is 0 Å². The fraction of sp³-hybridized carbons (Fsp3) is 0.286. The molecule has 1 aromatic carbocycles. The molecule has 2 amide bonds. The van der Waals surface area contributed by atoms with Gasteiger partial charge in [-0.3, -0.25) is 10.2 Å². The third-order valence-corrected chi connectivity index (χ3v) is 4.04. The molecule has 0 atom stereocenters. The Morgan fingerprint density at radius 3 is 2.54 bits per heavy atom. The number of amides is 2. The minimum atomic E-state index is -0.719. The Bertz CT molecular complexity index is 974. The monoisotopic (exact) mass is 380 g/mol. The molecule has 146 valence electrons. The normalized spacial score (nSPS) is 11.2. The Morgan fingerprint density at radius 2 is 1.82 bits per heavy atom. The average molecular weight is 380 g/mol. The second-order valence-electron chi connectivity index (χ2n) is 7.48. The van der Waals surface area contributed by atoms with Crippen LogP contribution in [-0.2, 0) is 17.6 Å². The average Bonchev–Trinajstić information content (AvgIpc) is 3.07. The lowest BCUT2D eigenvalue weighted by Crippen LogP contribution is -2.44. The minimum Gasteiger partial charge on any atom is -0.443 e. The van der Waals surface area contributed by atoms with Crippen LogP contribution in [0.4, 0.5) is 4.79 Å². The number of nitrogens with one attached hydrogen (secondary N) is 3. The number of aryl methyl sites for hydroxylation is 2. The zero-order valence-electron chi connectivity index (χ0n) is 16.2. The number of carbonyl (C=O) groups is 2. The molecule has 0 saturated carbocycles. The highest BCUT2D eigenvalue weighted by molar-refractivity contribution is 6.05. The van der Waals surface area contributed by atoms with Crippen molar-refractivity contribution < 1.29 is 14.3 Å². The lowest BCUT2D eigenvalue weighted by atomic mass is 10.1. The van der Waals surface area contributed by atoms with E-state index in [0.29, 0.717) is 16.6 Å². The van der Waals surface area contributed by atoms with Crippen molar-refractivity contribution in [1.82, 2.24) is 20.8 Å². The van der Waals surface area contributed by atoms with Crippen LogP contribution < -0.4 is 10.9 Å². The highest BCUT2D eigenvalue weighted by Crippen LogP contribution is 2.19. The summed E-state index contributed by atoms with van der Waals surface area (Å²) >= 11 is 0. The quantitative estimate of drug-likeness (QED) is 0.604. The summed E-state index contributed by atoms with van der Waals surface area (Å²) in [6.45, 7) is 5.24. The van der Waals surface area contributed by atoms with Gasteiger partial charge in [-0.25, -0.2) is 15.2 Å². The number of aromatic nitrogens is 2. The largest absolute Gasteiger partial charge is 0.443 e. The van der Waals surface area contributed by atoms with Crippen molar-refractivity contribution in [1.29, 1.82) is 0 Å². The molecular formula is C21H24N4O3. The van der Waals surface area contributed by atoms with E-state index in [4.69, 9.17) is 4.74 Å². The van der Waals surface area contributed by atoms with E-state index in [1.807, 2.05) is 24.3 Å². The van der Waals surface area contributed by atoms with E-state index in [0.717, 1.165) is 18.5 Å². The van der Waals surface area contributed by atoms with Crippen LogP contribution >= 0.6 is 0 Å². The standard InChI is InChI=1S/C21H24N4O3/c1-21(2,3)28-20(27)25-24-19(26)16-11-12-22-18-17(16)13-15(23-18)10-9-14-7-5-4-6-8-14/h4-8,11-13H,9-10H2,1-3H3,(H,22,23)(H,24,26)(H,25,27). The Morgan fingerprint density at radius 1 is 1.07 bits per heavy atom. The van der Waals surface area contributed by atoms with Gasteiger partial charge < -0.3 is 9.72 Å². The molecule has 0 aliphatic heterocycles. The number of carbonyl (C=O) groups excluding carboxylic acids is 2. The third-order valence-electron chi connectivity index (χ3n) is 4.04. The van der Waals surface area contributed by atoms with Gasteiger partial charge in [0, 0.05) is 17.3 Å². The highest BCUT2D eigenvalue weighted by Gasteiger charge is 2.18. The molecule has 0 aliphatic carbocycles. The molecule has 0 bridgehead atoms. The SMILES string of the molecule is CC(C)(C)OC(=O)NNC(=O)c1ccnc2[nH]c(CCc3ccccc3)cc12. The van der Waals surface area contributed by atoms with Gasteiger partial charge in [-0.1, -0.05) is 30.3 Å². The summed E-state index contributed by atoms with van der Waals surface area (Å²) in [5.41, 5.74) is 7.28. The summed E-state index contributed by atoms with van der Waals surface area (Å²) in [6, 6.07) is 13.7. The van der Waals surface area contributed by atoms with Crippen LogP contribution in [0.15, 0.2) is 48.7 Å². The van der Waals surface area contributed by atoms with Gasteiger partial charge in [0.25, 0.3) is 5.91 Å². The molecule has 7 nitrogen and oxygen atoms in total. The first-order valence-electron chi connectivity index (χ1n) is 9.12. The minimum absolute atomic E-state index is 0.420. The van der Waals surface area contributed by atoms with E-state index >= 15 is 0 Å². The van der Waals surface area contributed by atoms with Gasteiger partial charge in [0.2, 0.25) is 0 Å². The highest BCUT2D eigenvalue weighted by atomic mass is 16.6. The van der Waals surface area contributed by atoms with Crippen molar-refractivity contribution >= 4 is 23.0 Å². The van der Waals surface area contributed by atoms with Gasteiger partial charge in [-0.15, -0.1) is 0 Å². The van der Waals surface area contributed by atoms with Crippen molar-refractivity contribution in [3.05, 3.63) is 65.5 Å². The molecule has 2 heterocycles. The zero-order valence-corrected chi connectivity index (χ0v) is 16.2. The molecule has 3 N–H and O–H groups in total. The van der Waals surface area contributed by atoms with Crippen LogP contribution in [0, 0.1) is 0 Å². The summed E-state index contributed by atoms with van der Waals surface area (Å²) in [7, 11) is 0. The lowest BCUT2D eigenvalue weighted by Gasteiger charge is -2.19. The molecule has 0 fully saturated rings. The van der Waals surface area contributed by atoms with Crippen LogP contribution in [-0.4, -0.2) is 27.6 Å². The number of fused-ring (bicyclic) bond motifs is 1. The number of benzene rings is 1. The van der Waals surface area contributed by atoms with E-state index in [2.05, 4.69) is 33.0 Å². The first-order chi connectivity index (χ1) is 13.3. The summed E-state index contributed by atoms with van der Waals surface area (Å²) in [5.74, 6) is -0.438. The van der Waals surface area contributed by atoms with Crippen molar-refractivity contribution in [3.63, 3.8) is 0 Å². The second kappa shape index (κ2) is 8.12. The number of rotatable bonds is 4. The maximum atomic E-state index is 12.5. The van der Waals surface area contributed by atoms with E-state index in [1.54, 1.807) is 33.0 Å². The van der Waals surface area contributed by atoms with Crippen LogP contribution in [0.25, 0.3) is 11.0 Å². The predicted molar refractivity (Wildman–Crippen MR) is 107 cm³/mol. The molecule has 0 radical (unpaired) electrons. The zero-order chi connectivity index (χ0) is 20.1. The number of hydrogen-bond donors (Lipinski definition) is 3. The number of H-pyrrole nitrogens is 1. The molecule has 2 aromatic heterocycles. The predicted octanol–water partition coefficient (Wildman–Crippen LogP) is 3.52. The molecule has 0 spiro atoms. The van der Waals surface area contributed by atoms with E-state index in [-0.39, 0.29) is 0 Å². The molecule has 7 heteroatoms. The smallest absolute Gasteiger partial charge is 0.426 e. The lowest BCUT2D eigenvalue weighted by molar-refractivity contribution is 0.0483. The van der Waals surface area contributed by atoms with Crippen LogP contribution in [0.2, 0.25) is 0 Å². The van der Waals surface area contributed by atoms with Crippen LogP contribution in [0.1, 0.15) is 42.4 Å². The Kier molecular flexibility index (Phi) is 5.63. The van der Waals surface area contributed by atoms with E-state index in [1.165, 1.54) is 5.56 Å². The van der Waals surface area contributed by atoms with Gasteiger partial charge in [0.15, 0.2) is 0 Å². The number of ether oxygens (including phenoxy) is 1. The third kappa shape index (κ3) is 5.09. The molecule has 0 saturated heterocycles. The maximum absolute atomic E-state index is 12.5. The Hall–Kier alpha value is -3.35. The van der Waals surface area contributed by atoms with E-state index < -0.39 is 17.6 Å². The maximum Gasteiger partial charge on any atom is 0.426 e. The van der Waals surface area contributed by atoms with Gasteiger partial charge in [-0.05, 0) is 51.3 Å². The summed E-state index contributed by atoms with van der Waals surface area (Å²) < 4.78 is 5.11. The summed E-state index contributed by atoms with van der Waals surface area (Å²) in [4.78, 5) is 31.8. The Balaban J connectivity index is 1.68. The first-order valence-corrected chi connectivity index (χ1v) is 9.12. The summed E-state index contributed by atoms with van der Waals surface area (Å²) in [6.07, 6.45) is 2.53. The number of pyridine rings is 1.